The van der Waals surface area contributed by atoms with Crippen LogP contribution in [-0.2, 0) is 0 Å². The van der Waals surface area contributed by atoms with E-state index in [1.165, 1.54) is 0 Å². The highest BCUT2D eigenvalue weighted by Crippen LogP contribution is 2.41. The van der Waals surface area contributed by atoms with E-state index in [4.69, 9.17) is 9.47 Å². The Hall–Kier alpha value is -2.48. The number of anilines is 1. The van der Waals surface area contributed by atoms with Gasteiger partial charge in [-0.25, -0.2) is 13.6 Å². The summed E-state index contributed by atoms with van der Waals surface area (Å²) in [5.74, 6) is 0.444. The van der Waals surface area contributed by atoms with Gasteiger partial charge < -0.3 is 19.7 Å². The Bertz CT molecular complexity index is 799. The zero-order valence-corrected chi connectivity index (χ0v) is 15.1. The first-order valence-corrected chi connectivity index (χ1v) is 8.94. The molecule has 1 heterocycles. The first kappa shape index (κ1) is 18.3. The number of methoxy groups -OCH3 is 2. The summed E-state index contributed by atoms with van der Waals surface area (Å²) in [6.07, 6.45) is 0. The van der Waals surface area contributed by atoms with Crippen LogP contribution in [0.25, 0.3) is 0 Å². The SMILES string of the molecule is COc1ccc(C2SCCN2C(=O)Nc2cc(F)cc(F)c2)cc1OC. The van der Waals surface area contributed by atoms with Crippen LogP contribution in [0, 0.1) is 11.6 Å². The maximum atomic E-state index is 13.3. The van der Waals surface area contributed by atoms with Crippen molar-refractivity contribution < 1.29 is 23.0 Å². The van der Waals surface area contributed by atoms with Crippen LogP contribution in [0.5, 0.6) is 11.5 Å². The molecule has 1 N–H and O–H groups in total. The van der Waals surface area contributed by atoms with Gasteiger partial charge in [-0.3, -0.25) is 0 Å². The standard InChI is InChI=1S/C18H18F2N2O3S/c1-24-15-4-3-11(7-16(15)25-2)17-22(5-6-26-17)18(23)21-14-9-12(19)8-13(20)10-14/h3-4,7-10,17H,5-6H2,1-2H3,(H,21,23). The molecule has 0 bridgehead atoms. The van der Waals surface area contributed by atoms with Crippen molar-refractivity contribution in [2.75, 3.05) is 31.8 Å². The second-order valence-corrected chi connectivity index (χ2v) is 6.81. The molecular formula is C18H18F2N2O3S. The molecule has 0 spiro atoms. The fourth-order valence-electron chi connectivity index (χ4n) is 2.78. The third-order valence-electron chi connectivity index (χ3n) is 3.96. The number of ether oxygens (including phenoxy) is 2. The zero-order chi connectivity index (χ0) is 18.7. The summed E-state index contributed by atoms with van der Waals surface area (Å²) >= 11 is 1.60. The number of thioether (sulfide) groups is 1. The molecule has 0 aromatic heterocycles. The molecule has 2 aromatic carbocycles. The molecule has 3 rings (SSSR count). The Morgan fingerprint density at radius 3 is 2.46 bits per heavy atom. The van der Waals surface area contributed by atoms with E-state index in [9.17, 15) is 13.6 Å². The average molecular weight is 380 g/mol. The topological polar surface area (TPSA) is 50.8 Å². The first-order chi connectivity index (χ1) is 12.5. The molecule has 1 atom stereocenters. The number of nitrogens with zero attached hydrogens (tertiary/aromatic N) is 1. The number of nitrogens with one attached hydrogen (secondary N) is 1. The number of rotatable bonds is 4. The Morgan fingerprint density at radius 2 is 1.81 bits per heavy atom. The van der Waals surface area contributed by atoms with Gasteiger partial charge in [0.25, 0.3) is 0 Å². The van der Waals surface area contributed by atoms with Crippen LogP contribution >= 0.6 is 11.8 Å². The van der Waals surface area contributed by atoms with Gasteiger partial charge in [0.2, 0.25) is 0 Å². The molecule has 8 heteroatoms. The molecular weight excluding hydrogens is 362 g/mol. The molecule has 2 amide bonds. The second-order valence-electron chi connectivity index (χ2n) is 5.62. The lowest BCUT2D eigenvalue weighted by atomic mass is 10.2. The van der Waals surface area contributed by atoms with Crippen molar-refractivity contribution in [3.8, 4) is 11.5 Å². The molecule has 1 aliphatic heterocycles. The van der Waals surface area contributed by atoms with Gasteiger partial charge in [0.1, 0.15) is 17.0 Å². The third-order valence-corrected chi connectivity index (χ3v) is 5.22. The van der Waals surface area contributed by atoms with Crippen LogP contribution in [-0.4, -0.2) is 37.4 Å². The second kappa shape index (κ2) is 7.82. The number of urea groups is 1. The quantitative estimate of drug-likeness (QED) is 0.861. The number of halogens is 2. The monoisotopic (exact) mass is 380 g/mol. The van der Waals surface area contributed by atoms with E-state index in [-0.39, 0.29) is 11.1 Å². The summed E-state index contributed by atoms with van der Waals surface area (Å²) < 4.78 is 37.2. The van der Waals surface area contributed by atoms with Gasteiger partial charge in [-0.2, -0.15) is 0 Å². The predicted molar refractivity (Wildman–Crippen MR) is 96.8 cm³/mol. The van der Waals surface area contributed by atoms with Crippen LogP contribution in [0.3, 0.4) is 0 Å². The Labute approximate surface area is 154 Å². The highest BCUT2D eigenvalue weighted by atomic mass is 32.2. The number of amides is 2. The first-order valence-electron chi connectivity index (χ1n) is 7.89. The predicted octanol–water partition coefficient (Wildman–Crippen LogP) is 4.26. The summed E-state index contributed by atoms with van der Waals surface area (Å²) in [5.41, 5.74) is 0.959. The van der Waals surface area contributed by atoms with E-state index in [1.54, 1.807) is 36.9 Å². The van der Waals surface area contributed by atoms with Crippen LogP contribution in [0.15, 0.2) is 36.4 Å². The molecule has 0 radical (unpaired) electrons. The van der Waals surface area contributed by atoms with E-state index >= 15 is 0 Å². The minimum absolute atomic E-state index is 0.0791. The van der Waals surface area contributed by atoms with Gasteiger partial charge >= 0.3 is 6.03 Å². The zero-order valence-electron chi connectivity index (χ0n) is 14.3. The maximum Gasteiger partial charge on any atom is 0.323 e. The minimum atomic E-state index is -0.743. The van der Waals surface area contributed by atoms with E-state index in [1.807, 2.05) is 12.1 Å². The largest absolute Gasteiger partial charge is 0.493 e. The smallest absolute Gasteiger partial charge is 0.323 e. The normalized spacial score (nSPS) is 16.5. The molecule has 1 fully saturated rings. The highest BCUT2D eigenvalue weighted by Gasteiger charge is 2.31. The fraction of sp³-hybridized carbons (Fsp3) is 0.278. The van der Waals surface area contributed by atoms with Crippen molar-refractivity contribution in [3.63, 3.8) is 0 Å². The molecule has 138 valence electrons. The van der Waals surface area contributed by atoms with Crippen molar-refractivity contribution in [3.05, 3.63) is 53.6 Å². The molecule has 2 aromatic rings. The van der Waals surface area contributed by atoms with Crippen LogP contribution in [0.1, 0.15) is 10.9 Å². The van der Waals surface area contributed by atoms with Gasteiger partial charge in [0, 0.05) is 24.1 Å². The number of hydrogen-bond donors (Lipinski definition) is 1. The van der Waals surface area contributed by atoms with Crippen LogP contribution < -0.4 is 14.8 Å². The van der Waals surface area contributed by atoms with Gasteiger partial charge in [-0.1, -0.05) is 6.07 Å². The Kier molecular flexibility index (Phi) is 5.51. The van der Waals surface area contributed by atoms with Crippen molar-refractivity contribution in [2.45, 2.75) is 5.37 Å². The molecule has 0 saturated carbocycles. The molecule has 1 unspecified atom stereocenters. The lowest BCUT2D eigenvalue weighted by Gasteiger charge is -2.25. The van der Waals surface area contributed by atoms with Crippen LogP contribution in [0.4, 0.5) is 19.3 Å². The van der Waals surface area contributed by atoms with Crippen molar-refractivity contribution >= 4 is 23.5 Å². The lowest BCUT2D eigenvalue weighted by Crippen LogP contribution is -2.34. The molecule has 26 heavy (non-hydrogen) atoms. The molecule has 1 aliphatic rings. The summed E-state index contributed by atoms with van der Waals surface area (Å²) in [5, 5.41) is 2.33. The number of carbonyl (C=O) groups excluding carboxylic acids is 1. The number of carbonyl (C=O) groups is 1. The number of hydrogen-bond acceptors (Lipinski definition) is 4. The Morgan fingerprint density at radius 1 is 1.12 bits per heavy atom. The van der Waals surface area contributed by atoms with Gasteiger partial charge in [0.15, 0.2) is 11.5 Å². The summed E-state index contributed by atoms with van der Waals surface area (Å²) in [6, 6.07) is 7.97. The van der Waals surface area contributed by atoms with E-state index in [2.05, 4.69) is 5.32 Å². The molecule has 5 nitrogen and oxygen atoms in total. The molecule has 0 aliphatic carbocycles. The van der Waals surface area contributed by atoms with Crippen molar-refractivity contribution in [1.82, 2.24) is 4.90 Å². The summed E-state index contributed by atoms with van der Waals surface area (Å²) in [7, 11) is 3.10. The van der Waals surface area contributed by atoms with Crippen molar-refractivity contribution in [1.29, 1.82) is 0 Å². The average Bonchev–Trinajstić information content (AvgIpc) is 3.10. The van der Waals surface area contributed by atoms with Crippen LogP contribution in [0.2, 0.25) is 0 Å². The fourth-order valence-corrected chi connectivity index (χ4v) is 4.03. The number of benzene rings is 2. The van der Waals surface area contributed by atoms with Gasteiger partial charge in [-0.15, -0.1) is 11.8 Å². The van der Waals surface area contributed by atoms with E-state index < -0.39 is 17.7 Å². The van der Waals surface area contributed by atoms with Gasteiger partial charge in [-0.05, 0) is 29.8 Å². The van der Waals surface area contributed by atoms with E-state index in [0.29, 0.717) is 18.0 Å². The summed E-state index contributed by atoms with van der Waals surface area (Å²) in [4.78, 5) is 14.2. The Balaban J connectivity index is 1.80. The highest BCUT2D eigenvalue weighted by molar-refractivity contribution is 7.99. The van der Waals surface area contributed by atoms with Gasteiger partial charge in [0.05, 0.1) is 14.2 Å². The minimum Gasteiger partial charge on any atom is -0.493 e. The van der Waals surface area contributed by atoms with E-state index in [0.717, 1.165) is 29.5 Å². The maximum absolute atomic E-state index is 13.3. The lowest BCUT2D eigenvalue weighted by molar-refractivity contribution is 0.214. The van der Waals surface area contributed by atoms with Crippen molar-refractivity contribution in [2.24, 2.45) is 0 Å². The summed E-state index contributed by atoms with van der Waals surface area (Å²) in [6.45, 7) is 0.521. The molecule has 1 saturated heterocycles. The third kappa shape index (κ3) is 3.85.